The molecule has 0 saturated carbocycles. The third-order valence-corrected chi connectivity index (χ3v) is 4.73. The summed E-state index contributed by atoms with van der Waals surface area (Å²) >= 11 is 0. The van der Waals surface area contributed by atoms with Crippen molar-refractivity contribution in [3.8, 4) is 11.4 Å². The van der Waals surface area contributed by atoms with Gasteiger partial charge in [-0.05, 0) is 25.5 Å². The van der Waals surface area contributed by atoms with Gasteiger partial charge in [-0.3, -0.25) is 4.79 Å². The first-order chi connectivity index (χ1) is 12.6. The molecule has 0 aliphatic rings. The van der Waals surface area contributed by atoms with E-state index in [1.807, 2.05) is 55.1 Å². The van der Waals surface area contributed by atoms with Crippen LogP contribution in [0.5, 0.6) is 0 Å². The third kappa shape index (κ3) is 3.77. The molecule has 2 heterocycles. The molecule has 0 spiro atoms. The van der Waals surface area contributed by atoms with Gasteiger partial charge in [0.1, 0.15) is 11.5 Å². The van der Waals surface area contributed by atoms with Gasteiger partial charge in [-0.1, -0.05) is 44.4 Å². The number of hydrogen-bond donors (Lipinski definition) is 1. The Hall–Kier alpha value is -2.69. The molecular formula is C21H26N4O. The van der Waals surface area contributed by atoms with E-state index in [-0.39, 0.29) is 5.91 Å². The van der Waals surface area contributed by atoms with E-state index in [9.17, 15) is 4.79 Å². The second-order valence-corrected chi connectivity index (χ2v) is 6.67. The topological polar surface area (TPSA) is 59.8 Å². The van der Waals surface area contributed by atoms with Gasteiger partial charge in [0.05, 0.1) is 5.52 Å². The molecule has 5 heteroatoms. The molecule has 0 bridgehead atoms. The molecule has 3 rings (SSSR count). The van der Waals surface area contributed by atoms with Crippen molar-refractivity contribution >= 4 is 16.8 Å². The zero-order valence-electron chi connectivity index (χ0n) is 15.7. The summed E-state index contributed by atoms with van der Waals surface area (Å²) in [6.07, 6.45) is 6.37. The van der Waals surface area contributed by atoms with Gasteiger partial charge in [-0.15, -0.1) is 0 Å². The number of nitrogens with one attached hydrogen (secondary N) is 1. The lowest BCUT2D eigenvalue weighted by Crippen LogP contribution is -2.25. The summed E-state index contributed by atoms with van der Waals surface area (Å²) in [7, 11) is 1.99. The largest absolute Gasteiger partial charge is 0.351 e. The number of imidazole rings is 1. The first-order valence-electron chi connectivity index (χ1n) is 9.28. The van der Waals surface area contributed by atoms with Crippen LogP contribution in [0.3, 0.4) is 0 Å². The maximum atomic E-state index is 12.6. The van der Waals surface area contributed by atoms with Crippen molar-refractivity contribution in [2.75, 3.05) is 6.54 Å². The Morgan fingerprint density at radius 3 is 2.73 bits per heavy atom. The fraction of sp³-hybridized carbons (Fsp3) is 0.381. The van der Waals surface area contributed by atoms with Crippen LogP contribution in [0.2, 0.25) is 0 Å². The predicted molar refractivity (Wildman–Crippen MR) is 105 cm³/mol. The van der Waals surface area contributed by atoms with E-state index >= 15 is 0 Å². The van der Waals surface area contributed by atoms with Crippen LogP contribution in [0.15, 0.2) is 36.5 Å². The zero-order valence-corrected chi connectivity index (χ0v) is 15.7. The first-order valence-corrected chi connectivity index (χ1v) is 9.28. The van der Waals surface area contributed by atoms with E-state index in [1.54, 1.807) is 0 Å². The molecule has 0 aliphatic carbocycles. The van der Waals surface area contributed by atoms with E-state index in [0.717, 1.165) is 40.8 Å². The highest BCUT2D eigenvalue weighted by molar-refractivity contribution is 6.00. The third-order valence-electron chi connectivity index (χ3n) is 4.73. The van der Waals surface area contributed by atoms with Crippen LogP contribution < -0.4 is 5.32 Å². The molecule has 0 saturated heterocycles. The lowest BCUT2D eigenvalue weighted by Gasteiger charge is -2.11. The number of carbonyl (C=O) groups is 1. The van der Waals surface area contributed by atoms with Gasteiger partial charge in [0.25, 0.3) is 5.91 Å². The van der Waals surface area contributed by atoms with Crippen molar-refractivity contribution in [2.45, 2.75) is 39.5 Å². The van der Waals surface area contributed by atoms with Crippen molar-refractivity contribution in [1.29, 1.82) is 0 Å². The lowest BCUT2D eigenvalue weighted by molar-refractivity contribution is 0.0948. The Balaban J connectivity index is 1.92. The molecule has 5 nitrogen and oxygen atoms in total. The number of carbonyl (C=O) groups excluding carboxylic acids is 1. The van der Waals surface area contributed by atoms with Gasteiger partial charge in [-0.2, -0.15) is 0 Å². The highest BCUT2D eigenvalue weighted by atomic mass is 16.1. The number of rotatable bonds is 7. The Morgan fingerprint density at radius 2 is 2.00 bits per heavy atom. The van der Waals surface area contributed by atoms with Crippen LogP contribution in [0, 0.1) is 6.92 Å². The van der Waals surface area contributed by atoms with E-state index < -0.39 is 0 Å². The second kappa shape index (κ2) is 8.13. The number of nitrogens with zero attached hydrogens (tertiary/aromatic N) is 3. The number of aromatic nitrogens is 3. The van der Waals surface area contributed by atoms with E-state index in [4.69, 9.17) is 0 Å². The maximum Gasteiger partial charge on any atom is 0.269 e. The predicted octanol–water partition coefficient (Wildman–Crippen LogP) is 4.25. The average Bonchev–Trinajstić information content (AvgIpc) is 2.99. The number of benzene rings is 1. The van der Waals surface area contributed by atoms with Gasteiger partial charge in [0, 0.05) is 36.4 Å². The monoisotopic (exact) mass is 350 g/mol. The number of amides is 1. The summed E-state index contributed by atoms with van der Waals surface area (Å²) in [4.78, 5) is 21.7. The van der Waals surface area contributed by atoms with Crippen LogP contribution in [-0.2, 0) is 7.05 Å². The Labute approximate surface area is 154 Å². The molecule has 26 heavy (non-hydrogen) atoms. The van der Waals surface area contributed by atoms with Crippen molar-refractivity contribution in [3.63, 3.8) is 0 Å². The van der Waals surface area contributed by atoms with Crippen molar-refractivity contribution < 1.29 is 4.79 Å². The summed E-state index contributed by atoms with van der Waals surface area (Å²) in [6.45, 7) is 4.88. The Morgan fingerprint density at radius 1 is 1.19 bits per heavy atom. The molecule has 0 radical (unpaired) electrons. The molecule has 1 N–H and O–H groups in total. The number of para-hydroxylation sites is 1. The van der Waals surface area contributed by atoms with Crippen LogP contribution in [0.25, 0.3) is 22.3 Å². The molecule has 0 atom stereocenters. The quantitative estimate of drug-likeness (QED) is 0.648. The molecule has 1 aromatic carbocycles. The van der Waals surface area contributed by atoms with Gasteiger partial charge in [0.15, 0.2) is 0 Å². The van der Waals surface area contributed by atoms with Gasteiger partial charge in [-0.25, -0.2) is 9.97 Å². The van der Waals surface area contributed by atoms with Crippen molar-refractivity contribution in [3.05, 3.63) is 47.9 Å². The zero-order chi connectivity index (χ0) is 18.5. The van der Waals surface area contributed by atoms with Crippen LogP contribution in [-0.4, -0.2) is 27.0 Å². The lowest BCUT2D eigenvalue weighted by atomic mass is 10.1. The van der Waals surface area contributed by atoms with Crippen molar-refractivity contribution in [1.82, 2.24) is 19.9 Å². The van der Waals surface area contributed by atoms with E-state index in [2.05, 4.69) is 22.2 Å². The first kappa shape index (κ1) is 18.1. The minimum atomic E-state index is -0.126. The average molecular weight is 350 g/mol. The van der Waals surface area contributed by atoms with Crippen LogP contribution >= 0.6 is 0 Å². The molecule has 2 aromatic heterocycles. The van der Waals surface area contributed by atoms with Gasteiger partial charge in [0.2, 0.25) is 0 Å². The Kier molecular flexibility index (Phi) is 5.66. The minimum absolute atomic E-state index is 0.126. The number of pyridine rings is 1. The second-order valence-electron chi connectivity index (χ2n) is 6.67. The summed E-state index contributed by atoms with van der Waals surface area (Å²) in [5.41, 5.74) is 3.25. The molecule has 3 aromatic rings. The maximum absolute atomic E-state index is 12.6. The van der Waals surface area contributed by atoms with E-state index in [0.29, 0.717) is 12.2 Å². The summed E-state index contributed by atoms with van der Waals surface area (Å²) in [5.74, 6) is 0.720. The minimum Gasteiger partial charge on any atom is -0.351 e. The standard InChI is InChI=1S/C21H26N4O/c1-4-5-6-9-12-22-21(26)19-13-17(20-23-14-15(2)25(20)3)16-10-7-8-11-18(16)24-19/h7-8,10-11,13-14H,4-6,9,12H2,1-3H3,(H,22,26). The molecule has 136 valence electrons. The Bertz CT molecular complexity index is 914. The summed E-state index contributed by atoms with van der Waals surface area (Å²) in [5, 5.41) is 3.99. The van der Waals surface area contributed by atoms with E-state index in [1.165, 1.54) is 12.8 Å². The molecular weight excluding hydrogens is 324 g/mol. The van der Waals surface area contributed by atoms with Crippen molar-refractivity contribution in [2.24, 2.45) is 7.05 Å². The highest BCUT2D eigenvalue weighted by Gasteiger charge is 2.16. The smallest absolute Gasteiger partial charge is 0.269 e. The number of aryl methyl sites for hydroxylation is 1. The van der Waals surface area contributed by atoms with Gasteiger partial charge >= 0.3 is 0 Å². The van der Waals surface area contributed by atoms with Crippen LogP contribution in [0.1, 0.15) is 48.8 Å². The highest BCUT2D eigenvalue weighted by Crippen LogP contribution is 2.28. The number of fused-ring (bicyclic) bond motifs is 1. The fourth-order valence-electron chi connectivity index (χ4n) is 3.07. The summed E-state index contributed by atoms with van der Waals surface area (Å²) < 4.78 is 2.04. The molecule has 0 unspecified atom stereocenters. The molecule has 1 amide bonds. The fourth-order valence-corrected chi connectivity index (χ4v) is 3.07. The SMILES string of the molecule is CCCCCCNC(=O)c1cc(-c2ncc(C)n2C)c2ccccc2n1. The number of hydrogen-bond acceptors (Lipinski definition) is 3. The summed E-state index contributed by atoms with van der Waals surface area (Å²) in [6, 6.07) is 9.73. The van der Waals surface area contributed by atoms with Crippen LogP contribution in [0.4, 0.5) is 0 Å². The normalized spacial score (nSPS) is 11.0. The molecule has 0 aliphatic heterocycles. The van der Waals surface area contributed by atoms with Gasteiger partial charge < -0.3 is 9.88 Å². The number of unbranched alkanes of at least 4 members (excludes halogenated alkanes) is 3. The molecule has 0 fully saturated rings.